The summed E-state index contributed by atoms with van der Waals surface area (Å²) in [5, 5.41) is 2.71. The third-order valence-electron chi connectivity index (χ3n) is 3.69. The van der Waals surface area contributed by atoms with E-state index in [0.717, 1.165) is 0 Å². The van der Waals surface area contributed by atoms with Crippen LogP contribution >= 0.6 is 0 Å². The molecule has 29 heavy (non-hydrogen) atoms. The number of nitrogens with zero attached hydrogens (tertiary/aromatic N) is 1. The number of hydrogen-bond acceptors (Lipinski definition) is 5. The van der Waals surface area contributed by atoms with Crippen molar-refractivity contribution in [1.29, 1.82) is 0 Å². The summed E-state index contributed by atoms with van der Waals surface area (Å²) in [5.74, 6) is -6.87. The molecule has 0 fully saturated rings. The Hall–Kier alpha value is -3.05. The van der Waals surface area contributed by atoms with E-state index < -0.39 is 24.1 Å². The van der Waals surface area contributed by atoms with Gasteiger partial charge in [0.15, 0.2) is 0 Å². The second-order valence-electron chi connectivity index (χ2n) is 5.74. The summed E-state index contributed by atoms with van der Waals surface area (Å²) < 4.78 is 97.7. The highest BCUT2D eigenvalue weighted by atomic mass is 19.4. The van der Waals surface area contributed by atoms with Gasteiger partial charge in [0.25, 0.3) is 0 Å². The molecule has 2 rings (SSSR count). The minimum absolute atomic E-state index is 0.199. The SMILES string of the molecule is COC(=O)c1ccc(-c2ccc(/C=N/NC(F)(F)C(F)(F)C(F)(F)F)o2)c(C)c1. The molecule has 0 radical (unpaired) electrons. The number of esters is 1. The van der Waals surface area contributed by atoms with Crippen LogP contribution in [0.2, 0.25) is 0 Å². The molecule has 0 saturated heterocycles. The van der Waals surface area contributed by atoms with Crippen LogP contribution in [0.15, 0.2) is 39.9 Å². The molecule has 1 aromatic heterocycles. The number of aryl methyl sites for hydroxylation is 1. The van der Waals surface area contributed by atoms with Gasteiger partial charge in [-0.2, -0.15) is 35.8 Å². The standard InChI is InChI=1S/C17H13F7N2O3/c1-9-7-10(14(27)28-2)3-5-12(9)13-6-4-11(29-13)8-25-26-17(23,24)15(18,19)16(20,21)22/h3-8,26H,1-2H3/b25-8+. The first-order chi connectivity index (χ1) is 13.3. The summed E-state index contributed by atoms with van der Waals surface area (Å²) in [7, 11) is 1.21. The van der Waals surface area contributed by atoms with Gasteiger partial charge in [-0.3, -0.25) is 0 Å². The van der Waals surface area contributed by atoms with E-state index in [1.807, 2.05) is 0 Å². The van der Waals surface area contributed by atoms with Crippen LogP contribution in [0.3, 0.4) is 0 Å². The molecule has 0 bridgehead atoms. The minimum Gasteiger partial charge on any atom is -0.465 e. The summed E-state index contributed by atoms with van der Waals surface area (Å²) in [5.41, 5.74) is 1.88. The van der Waals surface area contributed by atoms with E-state index in [0.29, 0.717) is 22.8 Å². The van der Waals surface area contributed by atoms with Gasteiger partial charge in [-0.25, -0.2) is 10.2 Å². The van der Waals surface area contributed by atoms with E-state index in [9.17, 15) is 35.5 Å². The summed E-state index contributed by atoms with van der Waals surface area (Å²) in [6.45, 7) is 1.65. The Morgan fingerprint density at radius 1 is 1.10 bits per heavy atom. The van der Waals surface area contributed by atoms with Crippen LogP contribution < -0.4 is 5.43 Å². The first kappa shape index (κ1) is 22.2. The molecule has 0 unspecified atom stereocenters. The van der Waals surface area contributed by atoms with E-state index in [1.165, 1.54) is 37.4 Å². The molecule has 5 nitrogen and oxygen atoms in total. The van der Waals surface area contributed by atoms with Crippen LogP contribution in [0.25, 0.3) is 11.3 Å². The number of carbonyl (C=O) groups is 1. The zero-order valence-corrected chi connectivity index (χ0v) is 14.8. The summed E-state index contributed by atoms with van der Waals surface area (Å²) in [6.07, 6.45) is -5.95. The molecule has 2 aromatic rings. The van der Waals surface area contributed by atoms with E-state index in [1.54, 1.807) is 6.92 Å². The fourth-order valence-electron chi connectivity index (χ4n) is 2.18. The Morgan fingerprint density at radius 3 is 2.31 bits per heavy atom. The van der Waals surface area contributed by atoms with Crippen LogP contribution in [-0.4, -0.2) is 37.4 Å². The minimum atomic E-state index is -6.47. The summed E-state index contributed by atoms with van der Waals surface area (Å²) in [4.78, 5) is 11.5. The first-order valence-electron chi connectivity index (χ1n) is 7.72. The van der Waals surface area contributed by atoms with Crippen LogP contribution in [0.5, 0.6) is 0 Å². The van der Waals surface area contributed by atoms with Gasteiger partial charge in [-0.15, -0.1) is 0 Å². The lowest BCUT2D eigenvalue weighted by molar-refractivity contribution is -0.361. The number of methoxy groups -OCH3 is 1. The van der Waals surface area contributed by atoms with Crippen molar-refractivity contribution < 1.29 is 44.7 Å². The predicted octanol–water partition coefficient (Wildman–Crippen LogP) is 4.76. The molecule has 0 aliphatic rings. The Labute approximate surface area is 159 Å². The van der Waals surface area contributed by atoms with E-state index in [2.05, 4.69) is 9.84 Å². The quantitative estimate of drug-likeness (QED) is 0.238. The number of ether oxygens (including phenoxy) is 1. The second-order valence-corrected chi connectivity index (χ2v) is 5.74. The average Bonchev–Trinajstić information content (AvgIpc) is 3.08. The van der Waals surface area contributed by atoms with Gasteiger partial charge in [-0.05, 0) is 36.8 Å². The molecule has 1 N–H and O–H groups in total. The molecular formula is C17H13F7N2O3. The van der Waals surface area contributed by atoms with Crippen molar-refractivity contribution in [3.8, 4) is 11.3 Å². The topological polar surface area (TPSA) is 63.8 Å². The highest BCUT2D eigenvalue weighted by molar-refractivity contribution is 5.90. The van der Waals surface area contributed by atoms with Crippen molar-refractivity contribution in [2.45, 2.75) is 25.1 Å². The molecule has 1 heterocycles. The lowest BCUT2D eigenvalue weighted by Crippen LogP contribution is -2.58. The van der Waals surface area contributed by atoms with Crippen molar-refractivity contribution in [1.82, 2.24) is 5.43 Å². The van der Waals surface area contributed by atoms with Gasteiger partial charge < -0.3 is 9.15 Å². The van der Waals surface area contributed by atoms with Crippen molar-refractivity contribution in [2.75, 3.05) is 7.11 Å². The average molecular weight is 426 g/mol. The molecule has 0 atom stereocenters. The molecule has 0 amide bonds. The maximum atomic E-state index is 13.1. The van der Waals surface area contributed by atoms with Gasteiger partial charge in [-0.1, -0.05) is 6.07 Å². The zero-order valence-electron chi connectivity index (χ0n) is 14.8. The number of halogens is 7. The van der Waals surface area contributed by atoms with Gasteiger partial charge in [0.2, 0.25) is 0 Å². The number of alkyl halides is 7. The van der Waals surface area contributed by atoms with Crippen molar-refractivity contribution in [3.63, 3.8) is 0 Å². The van der Waals surface area contributed by atoms with Crippen LogP contribution in [0.1, 0.15) is 21.7 Å². The maximum Gasteiger partial charge on any atom is 0.462 e. The lowest BCUT2D eigenvalue weighted by atomic mass is 10.0. The third kappa shape index (κ3) is 4.51. The van der Waals surface area contributed by atoms with Gasteiger partial charge in [0.1, 0.15) is 11.5 Å². The summed E-state index contributed by atoms with van der Waals surface area (Å²) >= 11 is 0. The normalized spacial score (nSPS) is 13.0. The predicted molar refractivity (Wildman–Crippen MR) is 86.9 cm³/mol. The molecule has 0 aliphatic heterocycles. The number of hydrogen-bond donors (Lipinski definition) is 1. The molecular weight excluding hydrogens is 413 g/mol. The number of hydrazone groups is 1. The van der Waals surface area contributed by atoms with Crippen LogP contribution in [0.4, 0.5) is 30.7 Å². The first-order valence-corrected chi connectivity index (χ1v) is 7.72. The molecule has 0 saturated carbocycles. The van der Waals surface area contributed by atoms with Crippen molar-refractivity contribution in [3.05, 3.63) is 47.2 Å². The number of benzene rings is 1. The van der Waals surface area contributed by atoms with Crippen molar-refractivity contribution in [2.24, 2.45) is 5.10 Å². The van der Waals surface area contributed by atoms with Crippen LogP contribution in [0, 0.1) is 6.92 Å². The fourth-order valence-corrected chi connectivity index (χ4v) is 2.18. The number of carbonyl (C=O) groups excluding carboxylic acids is 1. The molecule has 158 valence electrons. The highest BCUT2D eigenvalue weighted by Gasteiger charge is 2.73. The molecule has 0 spiro atoms. The van der Waals surface area contributed by atoms with E-state index in [4.69, 9.17) is 4.42 Å². The fraction of sp³-hybridized carbons (Fsp3) is 0.294. The number of furan rings is 1. The van der Waals surface area contributed by atoms with E-state index >= 15 is 0 Å². The van der Waals surface area contributed by atoms with Gasteiger partial charge in [0.05, 0.1) is 18.9 Å². The van der Waals surface area contributed by atoms with Gasteiger partial charge >= 0.3 is 24.1 Å². The lowest BCUT2D eigenvalue weighted by Gasteiger charge is -2.27. The Kier molecular flexibility index (Phi) is 5.95. The van der Waals surface area contributed by atoms with Gasteiger partial charge in [0, 0.05) is 5.56 Å². The smallest absolute Gasteiger partial charge is 0.462 e. The molecule has 0 aliphatic carbocycles. The van der Waals surface area contributed by atoms with Crippen molar-refractivity contribution >= 4 is 12.2 Å². The zero-order chi connectivity index (χ0) is 22.0. The molecule has 1 aromatic carbocycles. The maximum absolute atomic E-state index is 13.1. The second kappa shape index (κ2) is 7.76. The summed E-state index contributed by atoms with van der Waals surface area (Å²) in [6, 6.07) is 1.44. The Morgan fingerprint density at radius 2 is 1.76 bits per heavy atom. The Bertz CT molecular complexity index is 920. The number of nitrogens with one attached hydrogen (secondary N) is 1. The largest absolute Gasteiger partial charge is 0.465 e. The van der Waals surface area contributed by atoms with E-state index in [-0.39, 0.29) is 17.1 Å². The highest BCUT2D eigenvalue weighted by Crippen LogP contribution is 2.45. The third-order valence-corrected chi connectivity index (χ3v) is 3.69. The number of rotatable bonds is 6. The Balaban J connectivity index is 2.16. The van der Waals surface area contributed by atoms with Crippen LogP contribution in [-0.2, 0) is 4.74 Å². The monoisotopic (exact) mass is 426 g/mol. The molecule has 12 heteroatoms.